The monoisotopic (exact) mass is 493 g/mol. The third kappa shape index (κ3) is 8.00. The van der Waals surface area contributed by atoms with Crippen molar-refractivity contribution in [2.24, 2.45) is 5.92 Å². The number of ether oxygens (including phenoxy) is 2. The highest BCUT2D eigenvalue weighted by Gasteiger charge is 2.11. The maximum absolute atomic E-state index is 12.3. The van der Waals surface area contributed by atoms with Gasteiger partial charge in [0.25, 0.3) is 11.8 Å². The molecule has 0 saturated carbocycles. The highest BCUT2D eigenvalue weighted by molar-refractivity contribution is 9.10. The smallest absolute Gasteiger partial charge is 0.276 e. The first-order chi connectivity index (χ1) is 14.2. The van der Waals surface area contributed by atoms with Gasteiger partial charge in [-0.25, -0.2) is 0 Å². The Morgan fingerprint density at radius 1 is 1.10 bits per heavy atom. The molecule has 2 aromatic rings. The van der Waals surface area contributed by atoms with Gasteiger partial charge in [-0.05, 0) is 67.0 Å². The summed E-state index contributed by atoms with van der Waals surface area (Å²) in [6.45, 7) is 6.31. The van der Waals surface area contributed by atoms with Crippen molar-refractivity contribution in [2.75, 3.05) is 13.2 Å². The summed E-state index contributed by atoms with van der Waals surface area (Å²) in [4.78, 5) is 24.3. The first-order valence-corrected chi connectivity index (χ1v) is 10.5. The number of carbonyl (C=O) groups excluding carboxylic acids is 2. The predicted octanol–water partition coefficient (Wildman–Crippen LogP) is 3.51. The fourth-order valence-corrected chi connectivity index (χ4v) is 2.90. The molecule has 0 aliphatic carbocycles. The van der Waals surface area contributed by atoms with Crippen LogP contribution in [0.2, 0.25) is 0 Å². The Morgan fingerprint density at radius 2 is 1.87 bits per heavy atom. The molecule has 0 spiro atoms. The van der Waals surface area contributed by atoms with Gasteiger partial charge in [-0.1, -0.05) is 35.8 Å². The average Bonchev–Trinajstić information content (AvgIpc) is 2.70. The summed E-state index contributed by atoms with van der Waals surface area (Å²) in [5.41, 5.74) is 6.15. The maximum Gasteiger partial charge on any atom is 0.276 e. The lowest BCUT2D eigenvalue weighted by atomic mass is 10.2. The van der Waals surface area contributed by atoms with Gasteiger partial charge >= 0.3 is 0 Å². The summed E-state index contributed by atoms with van der Waals surface area (Å²) in [6, 6.07) is 12.3. The van der Waals surface area contributed by atoms with E-state index in [0.717, 1.165) is 10.0 Å². The van der Waals surface area contributed by atoms with Crippen LogP contribution < -0.4 is 25.6 Å². The number of aryl methyl sites for hydroxylation is 1. The number of rotatable bonds is 7. The fraction of sp³-hybridized carbons (Fsp3) is 0.286. The second kappa shape index (κ2) is 11.5. The Morgan fingerprint density at radius 3 is 2.57 bits per heavy atom. The minimum Gasteiger partial charge on any atom is -0.493 e. The molecule has 0 radical (unpaired) electrons. The summed E-state index contributed by atoms with van der Waals surface area (Å²) in [5.74, 6) is 0.712. The van der Waals surface area contributed by atoms with Crippen molar-refractivity contribution in [3.8, 4) is 11.5 Å². The number of benzene rings is 2. The number of halogens is 1. The van der Waals surface area contributed by atoms with Gasteiger partial charge in [-0.15, -0.1) is 0 Å². The quantitative estimate of drug-likeness (QED) is 0.404. The van der Waals surface area contributed by atoms with Crippen molar-refractivity contribution >= 4 is 45.1 Å². The molecular formula is C21H24BrN3O4S. The lowest BCUT2D eigenvalue weighted by molar-refractivity contribution is -0.123. The van der Waals surface area contributed by atoms with E-state index in [1.54, 1.807) is 30.3 Å². The topological polar surface area (TPSA) is 88.7 Å². The van der Waals surface area contributed by atoms with Gasteiger partial charge in [0, 0.05) is 10.0 Å². The van der Waals surface area contributed by atoms with Gasteiger partial charge < -0.3 is 9.47 Å². The van der Waals surface area contributed by atoms with E-state index in [-0.39, 0.29) is 11.7 Å². The Kier molecular flexibility index (Phi) is 9.07. The van der Waals surface area contributed by atoms with Crippen LogP contribution in [0.25, 0.3) is 0 Å². The zero-order valence-corrected chi connectivity index (χ0v) is 19.4. The SMILES string of the molecule is Cc1cc(Br)ccc1OCC(=O)NNC(=S)NC(=O)c1cccc(OCC(C)C)c1. The molecule has 0 fully saturated rings. The summed E-state index contributed by atoms with van der Waals surface area (Å²) in [6.07, 6.45) is 0. The zero-order valence-electron chi connectivity index (χ0n) is 17.0. The van der Waals surface area contributed by atoms with Gasteiger partial charge in [0.1, 0.15) is 11.5 Å². The molecule has 2 aromatic carbocycles. The highest BCUT2D eigenvalue weighted by atomic mass is 79.9. The Balaban J connectivity index is 1.77. The standard InChI is InChI=1S/C21H24BrN3O4S/c1-13(2)11-28-17-6-4-5-15(10-17)20(27)23-21(30)25-24-19(26)12-29-18-8-7-16(22)9-14(18)3/h4-10,13H,11-12H2,1-3H3,(H,24,26)(H2,23,25,27,30). The van der Waals surface area contributed by atoms with E-state index in [1.165, 1.54) is 0 Å². The van der Waals surface area contributed by atoms with E-state index >= 15 is 0 Å². The number of amides is 2. The number of hydrazine groups is 1. The van der Waals surface area contributed by atoms with E-state index < -0.39 is 11.8 Å². The Bertz CT molecular complexity index is 921. The first-order valence-electron chi connectivity index (χ1n) is 9.26. The Labute approximate surface area is 189 Å². The van der Waals surface area contributed by atoms with Gasteiger partial charge in [-0.2, -0.15) is 0 Å². The largest absolute Gasteiger partial charge is 0.493 e. The number of thiocarbonyl (C=S) groups is 1. The molecule has 0 heterocycles. The van der Waals surface area contributed by atoms with E-state index in [2.05, 4.69) is 32.1 Å². The third-order valence-corrected chi connectivity index (χ3v) is 4.42. The van der Waals surface area contributed by atoms with Crippen LogP contribution >= 0.6 is 28.1 Å². The number of hydrogen-bond acceptors (Lipinski definition) is 5. The van der Waals surface area contributed by atoms with Crippen LogP contribution in [-0.4, -0.2) is 30.1 Å². The maximum atomic E-state index is 12.3. The minimum atomic E-state index is -0.446. The Hall–Kier alpha value is -2.65. The summed E-state index contributed by atoms with van der Waals surface area (Å²) < 4.78 is 12.0. The fourth-order valence-electron chi connectivity index (χ4n) is 2.28. The van der Waals surface area contributed by atoms with Crippen LogP contribution in [0.15, 0.2) is 46.9 Å². The molecule has 0 saturated heterocycles. The number of carbonyl (C=O) groups is 2. The number of hydrogen-bond donors (Lipinski definition) is 3. The second-order valence-corrected chi connectivity index (χ2v) is 8.21. The molecule has 0 aliphatic heterocycles. The highest BCUT2D eigenvalue weighted by Crippen LogP contribution is 2.21. The molecule has 9 heteroatoms. The molecule has 0 aliphatic rings. The van der Waals surface area contributed by atoms with E-state index in [4.69, 9.17) is 21.7 Å². The summed E-state index contributed by atoms with van der Waals surface area (Å²) in [7, 11) is 0. The van der Waals surface area contributed by atoms with Gasteiger partial charge in [0.05, 0.1) is 6.61 Å². The van der Waals surface area contributed by atoms with Crippen molar-refractivity contribution in [1.29, 1.82) is 0 Å². The number of nitrogens with one attached hydrogen (secondary N) is 3. The zero-order chi connectivity index (χ0) is 22.1. The molecule has 7 nitrogen and oxygen atoms in total. The van der Waals surface area contributed by atoms with Gasteiger partial charge in [-0.3, -0.25) is 25.8 Å². The van der Waals surface area contributed by atoms with Crippen LogP contribution in [0, 0.1) is 12.8 Å². The molecule has 0 aromatic heterocycles. The average molecular weight is 494 g/mol. The lowest BCUT2D eigenvalue weighted by Gasteiger charge is -2.13. The van der Waals surface area contributed by atoms with Crippen molar-refractivity contribution in [1.82, 2.24) is 16.2 Å². The van der Waals surface area contributed by atoms with Gasteiger partial charge in [0.15, 0.2) is 11.7 Å². The molecule has 30 heavy (non-hydrogen) atoms. The molecule has 160 valence electrons. The van der Waals surface area contributed by atoms with E-state index in [1.807, 2.05) is 32.9 Å². The van der Waals surface area contributed by atoms with E-state index in [9.17, 15) is 9.59 Å². The molecule has 3 N–H and O–H groups in total. The summed E-state index contributed by atoms with van der Waals surface area (Å²) >= 11 is 8.41. The summed E-state index contributed by atoms with van der Waals surface area (Å²) in [5, 5.41) is 2.46. The van der Waals surface area contributed by atoms with Crippen molar-refractivity contribution in [2.45, 2.75) is 20.8 Å². The van der Waals surface area contributed by atoms with Crippen LogP contribution in [0.3, 0.4) is 0 Å². The molecule has 0 bridgehead atoms. The van der Waals surface area contributed by atoms with Crippen LogP contribution in [0.5, 0.6) is 11.5 Å². The predicted molar refractivity (Wildman–Crippen MR) is 122 cm³/mol. The van der Waals surface area contributed by atoms with Crippen LogP contribution in [0.1, 0.15) is 29.8 Å². The lowest BCUT2D eigenvalue weighted by Crippen LogP contribution is -2.49. The first kappa shape index (κ1) is 23.6. The van der Waals surface area contributed by atoms with Gasteiger partial charge in [0.2, 0.25) is 0 Å². The second-order valence-electron chi connectivity index (χ2n) is 6.89. The van der Waals surface area contributed by atoms with Crippen molar-refractivity contribution in [3.63, 3.8) is 0 Å². The van der Waals surface area contributed by atoms with Crippen molar-refractivity contribution < 1.29 is 19.1 Å². The molecule has 0 unspecified atom stereocenters. The molecule has 2 amide bonds. The van der Waals surface area contributed by atoms with Crippen LogP contribution in [-0.2, 0) is 4.79 Å². The molecule has 2 rings (SSSR count). The third-order valence-electron chi connectivity index (χ3n) is 3.72. The minimum absolute atomic E-state index is 0.0401. The molecular weight excluding hydrogens is 470 g/mol. The normalized spacial score (nSPS) is 10.3. The van der Waals surface area contributed by atoms with E-state index in [0.29, 0.717) is 29.6 Å². The molecule has 0 atom stereocenters. The van der Waals surface area contributed by atoms with Crippen LogP contribution in [0.4, 0.5) is 0 Å². The van der Waals surface area contributed by atoms with Crippen molar-refractivity contribution in [3.05, 3.63) is 58.1 Å².